The van der Waals surface area contributed by atoms with E-state index in [2.05, 4.69) is 26.1 Å². The van der Waals surface area contributed by atoms with Crippen LogP contribution in [-0.2, 0) is 4.79 Å². The molecule has 17 heavy (non-hydrogen) atoms. The zero-order chi connectivity index (χ0) is 13.1. The lowest BCUT2D eigenvalue weighted by atomic mass is 9.69. The maximum absolute atomic E-state index is 11.8. The Hall–Kier alpha value is -0.570. The van der Waals surface area contributed by atoms with Crippen LogP contribution in [0.3, 0.4) is 0 Å². The summed E-state index contributed by atoms with van der Waals surface area (Å²) in [6.45, 7) is 8.91. The molecule has 0 radical (unpaired) electrons. The molecule has 3 nitrogen and oxygen atoms in total. The van der Waals surface area contributed by atoms with Gasteiger partial charge in [0.05, 0.1) is 6.10 Å². The molecule has 0 aromatic heterocycles. The fraction of sp³-hybridized carbons (Fsp3) is 0.929. The Morgan fingerprint density at radius 2 is 1.82 bits per heavy atom. The van der Waals surface area contributed by atoms with Crippen molar-refractivity contribution in [3.05, 3.63) is 0 Å². The smallest absolute Gasteiger partial charge is 0.223 e. The van der Waals surface area contributed by atoms with Crippen LogP contribution in [0.5, 0.6) is 0 Å². The van der Waals surface area contributed by atoms with Gasteiger partial charge in [0.25, 0.3) is 0 Å². The molecule has 2 N–H and O–H groups in total. The summed E-state index contributed by atoms with van der Waals surface area (Å²) in [5, 5.41) is 12.0. The highest BCUT2D eigenvalue weighted by Gasteiger charge is 2.32. The largest absolute Gasteiger partial charge is 0.392 e. The maximum Gasteiger partial charge on any atom is 0.223 e. The number of amides is 1. The van der Waals surface area contributed by atoms with Gasteiger partial charge in [0.2, 0.25) is 5.91 Å². The average Bonchev–Trinajstić information content (AvgIpc) is 2.25. The molecule has 0 aliphatic heterocycles. The number of aliphatic hydroxyl groups is 1. The van der Waals surface area contributed by atoms with Crippen molar-refractivity contribution in [2.24, 2.45) is 17.3 Å². The van der Waals surface area contributed by atoms with E-state index < -0.39 is 6.10 Å². The lowest BCUT2D eigenvalue weighted by Crippen LogP contribution is -2.38. The maximum atomic E-state index is 11.8. The molecule has 0 aromatic rings. The van der Waals surface area contributed by atoms with Crippen LogP contribution < -0.4 is 5.32 Å². The molecule has 1 saturated carbocycles. The van der Waals surface area contributed by atoms with E-state index in [0.29, 0.717) is 12.0 Å². The van der Waals surface area contributed by atoms with Gasteiger partial charge in [-0.1, -0.05) is 20.8 Å². The van der Waals surface area contributed by atoms with Crippen molar-refractivity contribution < 1.29 is 9.90 Å². The molecule has 1 amide bonds. The molecule has 3 heteroatoms. The SMILES string of the molecule is CC(O)CNC(=O)C1CCC(C(C)(C)C)CC1. The summed E-state index contributed by atoms with van der Waals surface area (Å²) in [5.74, 6) is 1.02. The summed E-state index contributed by atoms with van der Waals surface area (Å²) in [6, 6.07) is 0. The lowest BCUT2D eigenvalue weighted by Gasteiger charge is -2.36. The Bertz CT molecular complexity index is 247. The molecule has 1 rings (SSSR count). The molecule has 1 aliphatic carbocycles. The van der Waals surface area contributed by atoms with E-state index in [0.717, 1.165) is 31.6 Å². The fourth-order valence-electron chi connectivity index (χ4n) is 2.61. The number of hydrogen-bond acceptors (Lipinski definition) is 2. The first kappa shape index (κ1) is 14.5. The minimum atomic E-state index is -0.454. The van der Waals surface area contributed by atoms with E-state index in [1.54, 1.807) is 6.92 Å². The van der Waals surface area contributed by atoms with E-state index in [1.165, 1.54) is 0 Å². The van der Waals surface area contributed by atoms with Crippen LogP contribution >= 0.6 is 0 Å². The zero-order valence-corrected chi connectivity index (χ0v) is 11.6. The van der Waals surface area contributed by atoms with Crippen LogP contribution in [0.4, 0.5) is 0 Å². The number of rotatable bonds is 3. The number of aliphatic hydroxyl groups excluding tert-OH is 1. The van der Waals surface area contributed by atoms with Crippen LogP contribution in [0.25, 0.3) is 0 Å². The van der Waals surface area contributed by atoms with Crippen molar-refractivity contribution in [2.75, 3.05) is 6.54 Å². The van der Waals surface area contributed by atoms with Crippen molar-refractivity contribution in [1.29, 1.82) is 0 Å². The number of hydrogen-bond donors (Lipinski definition) is 2. The summed E-state index contributed by atoms with van der Waals surface area (Å²) >= 11 is 0. The second-order valence-corrected chi connectivity index (χ2v) is 6.51. The van der Waals surface area contributed by atoms with Gasteiger partial charge in [-0.05, 0) is 43.9 Å². The Kier molecular flexibility index (Phi) is 4.99. The Labute approximate surface area is 105 Å². The molecule has 0 heterocycles. The van der Waals surface area contributed by atoms with Gasteiger partial charge in [0, 0.05) is 12.5 Å². The van der Waals surface area contributed by atoms with Gasteiger partial charge in [-0.25, -0.2) is 0 Å². The van der Waals surface area contributed by atoms with Gasteiger partial charge in [-0.3, -0.25) is 4.79 Å². The quantitative estimate of drug-likeness (QED) is 0.797. The highest BCUT2D eigenvalue weighted by atomic mass is 16.3. The second kappa shape index (κ2) is 5.85. The van der Waals surface area contributed by atoms with Gasteiger partial charge in [-0.2, -0.15) is 0 Å². The van der Waals surface area contributed by atoms with Gasteiger partial charge in [0.1, 0.15) is 0 Å². The van der Waals surface area contributed by atoms with Crippen molar-refractivity contribution in [2.45, 2.75) is 59.5 Å². The number of carbonyl (C=O) groups is 1. The van der Waals surface area contributed by atoms with Crippen molar-refractivity contribution in [3.8, 4) is 0 Å². The second-order valence-electron chi connectivity index (χ2n) is 6.51. The van der Waals surface area contributed by atoms with Gasteiger partial charge >= 0.3 is 0 Å². The first-order valence-electron chi connectivity index (χ1n) is 6.76. The predicted molar refractivity (Wildman–Crippen MR) is 69.6 cm³/mol. The van der Waals surface area contributed by atoms with Crippen LogP contribution in [0.2, 0.25) is 0 Å². The van der Waals surface area contributed by atoms with E-state index in [9.17, 15) is 4.79 Å². The Morgan fingerprint density at radius 3 is 2.24 bits per heavy atom. The van der Waals surface area contributed by atoms with E-state index in [1.807, 2.05) is 0 Å². The first-order chi connectivity index (χ1) is 7.80. The summed E-state index contributed by atoms with van der Waals surface area (Å²) in [4.78, 5) is 11.8. The minimum Gasteiger partial charge on any atom is -0.392 e. The molecule has 1 atom stereocenters. The lowest BCUT2D eigenvalue weighted by molar-refractivity contribution is -0.127. The molecule has 1 fully saturated rings. The third-order valence-corrected chi connectivity index (χ3v) is 3.89. The average molecular weight is 241 g/mol. The molecule has 0 aromatic carbocycles. The molecule has 0 bridgehead atoms. The minimum absolute atomic E-state index is 0.123. The Morgan fingerprint density at radius 1 is 1.29 bits per heavy atom. The molecular weight excluding hydrogens is 214 g/mol. The van der Waals surface area contributed by atoms with Gasteiger partial charge in [-0.15, -0.1) is 0 Å². The Balaban J connectivity index is 2.34. The molecule has 100 valence electrons. The molecular formula is C14H27NO2. The highest BCUT2D eigenvalue weighted by Crippen LogP contribution is 2.39. The molecule has 1 aliphatic rings. The highest BCUT2D eigenvalue weighted by molar-refractivity contribution is 5.78. The molecule has 0 spiro atoms. The number of nitrogens with one attached hydrogen (secondary N) is 1. The standard InChI is InChI=1S/C14H27NO2/c1-10(16)9-15-13(17)11-5-7-12(8-6-11)14(2,3)4/h10-12,16H,5-9H2,1-4H3,(H,15,17). The predicted octanol–water partition coefficient (Wildman–Crippen LogP) is 2.34. The third kappa shape index (κ3) is 4.66. The summed E-state index contributed by atoms with van der Waals surface area (Å²) in [6.07, 6.45) is 3.83. The first-order valence-corrected chi connectivity index (χ1v) is 6.76. The third-order valence-electron chi connectivity index (χ3n) is 3.89. The van der Waals surface area contributed by atoms with E-state index >= 15 is 0 Å². The summed E-state index contributed by atoms with van der Waals surface area (Å²) in [5.41, 5.74) is 0.362. The van der Waals surface area contributed by atoms with Gasteiger partial charge in [0.15, 0.2) is 0 Å². The monoisotopic (exact) mass is 241 g/mol. The van der Waals surface area contributed by atoms with Crippen molar-refractivity contribution >= 4 is 5.91 Å². The van der Waals surface area contributed by atoms with Crippen LogP contribution in [0.15, 0.2) is 0 Å². The van der Waals surface area contributed by atoms with E-state index in [-0.39, 0.29) is 11.8 Å². The summed E-state index contributed by atoms with van der Waals surface area (Å²) < 4.78 is 0. The molecule has 0 saturated heterocycles. The van der Waals surface area contributed by atoms with Crippen LogP contribution in [0.1, 0.15) is 53.4 Å². The fourth-order valence-corrected chi connectivity index (χ4v) is 2.61. The van der Waals surface area contributed by atoms with Crippen LogP contribution in [0, 0.1) is 17.3 Å². The van der Waals surface area contributed by atoms with Crippen molar-refractivity contribution in [3.63, 3.8) is 0 Å². The topological polar surface area (TPSA) is 49.3 Å². The van der Waals surface area contributed by atoms with Crippen molar-refractivity contribution in [1.82, 2.24) is 5.32 Å². The van der Waals surface area contributed by atoms with E-state index in [4.69, 9.17) is 5.11 Å². The normalized spacial score (nSPS) is 27.6. The summed E-state index contributed by atoms with van der Waals surface area (Å²) in [7, 11) is 0. The van der Waals surface area contributed by atoms with Crippen LogP contribution in [-0.4, -0.2) is 23.7 Å². The number of carbonyl (C=O) groups excluding carboxylic acids is 1. The van der Waals surface area contributed by atoms with Gasteiger partial charge < -0.3 is 10.4 Å². The molecule has 1 unspecified atom stereocenters. The zero-order valence-electron chi connectivity index (χ0n) is 11.6.